The van der Waals surface area contributed by atoms with Gasteiger partial charge in [0.05, 0.1) is 18.7 Å². The molecule has 0 saturated carbocycles. The number of nitrogens with zero attached hydrogens (tertiary/aromatic N) is 2. The molecule has 0 aliphatic carbocycles. The van der Waals surface area contributed by atoms with E-state index >= 15 is 0 Å². The van der Waals surface area contributed by atoms with Crippen molar-refractivity contribution in [2.24, 2.45) is 0 Å². The number of thiophene rings is 1. The highest BCUT2D eigenvalue weighted by molar-refractivity contribution is 7.09. The molecule has 2 fully saturated rings. The van der Waals surface area contributed by atoms with Gasteiger partial charge in [-0.3, -0.25) is 14.6 Å². The van der Waals surface area contributed by atoms with Gasteiger partial charge < -0.3 is 10.1 Å². The Morgan fingerprint density at radius 1 is 1.23 bits per heavy atom. The molecule has 1 aromatic heterocycles. The van der Waals surface area contributed by atoms with Gasteiger partial charge >= 0.3 is 0 Å². The maximum atomic E-state index is 12.9. The van der Waals surface area contributed by atoms with E-state index in [1.807, 2.05) is 18.2 Å². The fraction of sp³-hybridized carbons (Fsp3) is 0.542. The first-order chi connectivity index (χ1) is 15.2. The lowest BCUT2D eigenvalue weighted by Crippen LogP contribution is -2.43. The molecule has 2 aliphatic heterocycles. The number of halogens is 1. The minimum atomic E-state index is 0.0609. The van der Waals surface area contributed by atoms with Gasteiger partial charge in [-0.25, -0.2) is 0 Å². The molecule has 1 aromatic carbocycles. The fourth-order valence-electron chi connectivity index (χ4n) is 4.59. The zero-order valence-corrected chi connectivity index (χ0v) is 19.5. The Hall–Kier alpha value is -1.44. The van der Waals surface area contributed by atoms with E-state index in [0.717, 1.165) is 56.2 Å². The number of likely N-dealkylation sites (tertiary alicyclic amines) is 1. The molecule has 2 unspecified atom stereocenters. The molecule has 0 bridgehead atoms. The minimum absolute atomic E-state index is 0.0609. The average Bonchev–Trinajstić information content (AvgIpc) is 3.53. The van der Waals surface area contributed by atoms with Crippen LogP contribution in [0.15, 0.2) is 41.8 Å². The van der Waals surface area contributed by atoms with Gasteiger partial charge in [-0.1, -0.05) is 35.9 Å². The molecule has 1 N–H and O–H groups in total. The number of carbonyl (C=O) groups is 1. The Bertz CT molecular complexity index is 820. The van der Waals surface area contributed by atoms with E-state index in [0.29, 0.717) is 13.1 Å². The summed E-state index contributed by atoms with van der Waals surface area (Å²) in [6.07, 6.45) is 4.81. The first-order valence-corrected chi connectivity index (χ1v) is 12.6. The van der Waals surface area contributed by atoms with Crippen molar-refractivity contribution >= 4 is 28.8 Å². The molecule has 7 heteroatoms. The Kier molecular flexibility index (Phi) is 8.39. The quantitative estimate of drug-likeness (QED) is 0.571. The summed E-state index contributed by atoms with van der Waals surface area (Å²) >= 11 is 8.25. The number of hydrogen-bond acceptors (Lipinski definition) is 5. The van der Waals surface area contributed by atoms with Crippen LogP contribution in [-0.4, -0.2) is 61.1 Å². The van der Waals surface area contributed by atoms with Crippen molar-refractivity contribution in [3.05, 3.63) is 57.2 Å². The van der Waals surface area contributed by atoms with Gasteiger partial charge in [0.25, 0.3) is 0 Å². The molecular weight excluding hydrogens is 430 g/mol. The molecule has 2 atom stereocenters. The van der Waals surface area contributed by atoms with E-state index in [-0.39, 0.29) is 18.1 Å². The monoisotopic (exact) mass is 461 g/mol. The van der Waals surface area contributed by atoms with Crippen LogP contribution in [-0.2, 0) is 16.1 Å². The highest BCUT2D eigenvalue weighted by Gasteiger charge is 2.26. The molecule has 2 aliphatic rings. The zero-order chi connectivity index (χ0) is 21.5. The van der Waals surface area contributed by atoms with E-state index in [1.54, 1.807) is 11.3 Å². The lowest BCUT2D eigenvalue weighted by molar-refractivity contribution is -0.123. The molecule has 0 spiro atoms. The lowest BCUT2D eigenvalue weighted by Gasteiger charge is -2.29. The standard InChI is InChI=1S/C24H32ClN3O2S/c25-22-10-2-1-9-21(22)23(28-11-3-4-12-28)15-26-24(29)18-27(16-19-7-5-13-30-19)17-20-8-6-14-31-20/h1-2,6,8-10,14,19,23H,3-5,7,11-13,15-18H2,(H,26,29). The first kappa shape index (κ1) is 22.7. The number of benzene rings is 1. The smallest absolute Gasteiger partial charge is 0.234 e. The Labute approximate surface area is 194 Å². The Morgan fingerprint density at radius 3 is 2.77 bits per heavy atom. The van der Waals surface area contributed by atoms with Crippen LogP contribution < -0.4 is 5.32 Å². The van der Waals surface area contributed by atoms with Crippen molar-refractivity contribution in [3.63, 3.8) is 0 Å². The van der Waals surface area contributed by atoms with Crippen LogP contribution in [0, 0.1) is 0 Å². The molecule has 4 rings (SSSR count). The van der Waals surface area contributed by atoms with E-state index in [1.165, 1.54) is 17.7 Å². The summed E-state index contributed by atoms with van der Waals surface area (Å²) in [6.45, 7) is 5.47. The third kappa shape index (κ3) is 6.53. The maximum Gasteiger partial charge on any atom is 0.234 e. The Morgan fingerprint density at radius 2 is 2.06 bits per heavy atom. The molecule has 1 amide bonds. The van der Waals surface area contributed by atoms with Crippen molar-refractivity contribution in [1.29, 1.82) is 0 Å². The molecule has 3 heterocycles. The molecule has 2 saturated heterocycles. The van der Waals surface area contributed by atoms with Gasteiger partial charge in [0.1, 0.15) is 0 Å². The number of rotatable bonds is 10. The summed E-state index contributed by atoms with van der Waals surface area (Å²) in [5.74, 6) is 0.0609. The summed E-state index contributed by atoms with van der Waals surface area (Å²) in [6, 6.07) is 12.3. The van der Waals surface area contributed by atoms with Crippen molar-refractivity contribution in [3.8, 4) is 0 Å². The van der Waals surface area contributed by atoms with Gasteiger partial charge in [-0.05, 0) is 61.8 Å². The van der Waals surface area contributed by atoms with Crippen molar-refractivity contribution < 1.29 is 9.53 Å². The minimum Gasteiger partial charge on any atom is -0.377 e. The predicted molar refractivity (Wildman–Crippen MR) is 127 cm³/mol. The molecule has 5 nitrogen and oxygen atoms in total. The normalized spacial score (nSPS) is 20.4. The zero-order valence-electron chi connectivity index (χ0n) is 18.0. The van der Waals surface area contributed by atoms with E-state index in [2.05, 4.69) is 38.7 Å². The van der Waals surface area contributed by atoms with Crippen LogP contribution >= 0.6 is 22.9 Å². The molecule has 168 valence electrons. The fourth-order valence-corrected chi connectivity index (χ4v) is 5.60. The first-order valence-electron chi connectivity index (χ1n) is 11.3. The summed E-state index contributed by atoms with van der Waals surface area (Å²) in [5, 5.41) is 6.06. The summed E-state index contributed by atoms with van der Waals surface area (Å²) in [4.78, 5) is 18.9. The maximum absolute atomic E-state index is 12.9. The average molecular weight is 462 g/mol. The lowest BCUT2D eigenvalue weighted by atomic mass is 10.1. The number of ether oxygens (including phenoxy) is 1. The number of hydrogen-bond donors (Lipinski definition) is 1. The van der Waals surface area contributed by atoms with Gasteiger partial charge in [0, 0.05) is 36.1 Å². The molecule has 0 radical (unpaired) electrons. The van der Waals surface area contributed by atoms with Crippen molar-refractivity contribution in [1.82, 2.24) is 15.1 Å². The van der Waals surface area contributed by atoms with Crippen LogP contribution in [0.25, 0.3) is 0 Å². The van der Waals surface area contributed by atoms with Crippen molar-refractivity contribution in [2.45, 2.75) is 44.4 Å². The number of nitrogens with one attached hydrogen (secondary N) is 1. The molecule has 31 heavy (non-hydrogen) atoms. The molecule has 2 aromatic rings. The van der Waals surface area contributed by atoms with Crippen LogP contribution in [0.4, 0.5) is 0 Å². The second-order valence-corrected chi connectivity index (χ2v) is 9.91. The van der Waals surface area contributed by atoms with Crippen LogP contribution in [0.5, 0.6) is 0 Å². The van der Waals surface area contributed by atoms with E-state index < -0.39 is 0 Å². The second kappa shape index (κ2) is 11.4. The third-order valence-electron chi connectivity index (χ3n) is 6.15. The SMILES string of the molecule is O=C(CN(Cc1cccs1)CC1CCCO1)NCC(c1ccccc1Cl)N1CCCC1. The number of carbonyl (C=O) groups excluding carboxylic acids is 1. The van der Waals surface area contributed by atoms with Gasteiger partial charge in [-0.2, -0.15) is 0 Å². The second-order valence-electron chi connectivity index (χ2n) is 8.47. The highest BCUT2D eigenvalue weighted by atomic mass is 35.5. The Balaban J connectivity index is 1.37. The van der Waals surface area contributed by atoms with E-state index in [4.69, 9.17) is 16.3 Å². The largest absolute Gasteiger partial charge is 0.377 e. The summed E-state index contributed by atoms with van der Waals surface area (Å²) in [5.41, 5.74) is 1.10. The number of amides is 1. The van der Waals surface area contributed by atoms with Gasteiger partial charge in [-0.15, -0.1) is 11.3 Å². The van der Waals surface area contributed by atoms with Gasteiger partial charge in [0.2, 0.25) is 5.91 Å². The summed E-state index contributed by atoms with van der Waals surface area (Å²) < 4.78 is 5.83. The van der Waals surface area contributed by atoms with Gasteiger partial charge in [0.15, 0.2) is 0 Å². The van der Waals surface area contributed by atoms with Crippen LogP contribution in [0.1, 0.15) is 42.2 Å². The predicted octanol–water partition coefficient (Wildman–Crippen LogP) is 4.34. The molecular formula is C24H32ClN3O2S. The summed E-state index contributed by atoms with van der Waals surface area (Å²) in [7, 11) is 0. The van der Waals surface area contributed by atoms with E-state index in [9.17, 15) is 4.79 Å². The van der Waals surface area contributed by atoms with Crippen molar-refractivity contribution in [2.75, 3.05) is 39.3 Å². The topological polar surface area (TPSA) is 44.8 Å². The van der Waals surface area contributed by atoms with Crippen LogP contribution in [0.2, 0.25) is 5.02 Å². The highest BCUT2D eigenvalue weighted by Crippen LogP contribution is 2.29. The third-order valence-corrected chi connectivity index (χ3v) is 7.36. The van der Waals surface area contributed by atoms with Crippen LogP contribution in [0.3, 0.4) is 0 Å².